The first kappa shape index (κ1) is 11.8. The number of rotatable bonds is 2. The number of methoxy groups -OCH3 is 1. The van der Waals surface area contributed by atoms with Crippen LogP contribution in [0.25, 0.3) is 0 Å². The van der Waals surface area contributed by atoms with E-state index in [0.717, 1.165) is 7.11 Å². The highest BCUT2D eigenvalue weighted by molar-refractivity contribution is 6.30. The minimum Gasteiger partial charge on any atom is -0.465 e. The van der Waals surface area contributed by atoms with Crippen molar-refractivity contribution in [3.05, 3.63) is 28.0 Å². The molecule has 0 atom stereocenters. The van der Waals surface area contributed by atoms with Crippen molar-refractivity contribution in [1.29, 1.82) is 0 Å². The number of hydrogen-bond acceptors (Lipinski definition) is 3. The fourth-order valence-corrected chi connectivity index (χ4v) is 1.19. The summed E-state index contributed by atoms with van der Waals surface area (Å²) in [4.78, 5) is 14.6. The van der Waals surface area contributed by atoms with Crippen LogP contribution in [0.4, 0.5) is 8.78 Å². The lowest BCUT2D eigenvalue weighted by molar-refractivity contribution is 0.0587. The molecule has 0 saturated heterocycles. The minimum atomic E-state index is -2.86. The molecule has 82 valence electrons. The molecule has 0 spiro atoms. The van der Waals surface area contributed by atoms with Crippen LogP contribution >= 0.6 is 11.6 Å². The molecule has 0 aromatic carbocycles. The van der Waals surface area contributed by atoms with Crippen molar-refractivity contribution in [3.8, 4) is 0 Å². The van der Waals surface area contributed by atoms with E-state index in [2.05, 4.69) is 9.72 Å². The standard InChI is InChI=1S/C9H8ClF2NO2/c1-4-3-5(9(14)15-2)6(8(11)12)13-7(4)10/h3,8H,1-2H3. The maximum Gasteiger partial charge on any atom is 0.339 e. The molecule has 1 rings (SSSR count). The van der Waals surface area contributed by atoms with Gasteiger partial charge in [0, 0.05) is 0 Å². The quantitative estimate of drug-likeness (QED) is 0.585. The van der Waals surface area contributed by atoms with Crippen molar-refractivity contribution in [2.75, 3.05) is 7.11 Å². The molecule has 0 N–H and O–H groups in total. The second kappa shape index (κ2) is 4.53. The zero-order valence-electron chi connectivity index (χ0n) is 8.05. The zero-order chi connectivity index (χ0) is 11.6. The van der Waals surface area contributed by atoms with E-state index in [0.29, 0.717) is 5.56 Å². The molecule has 0 aliphatic rings. The van der Waals surface area contributed by atoms with Gasteiger partial charge in [-0.25, -0.2) is 18.6 Å². The Hall–Kier alpha value is -1.23. The number of nitrogens with zero attached hydrogens (tertiary/aromatic N) is 1. The number of aromatic nitrogens is 1. The highest BCUT2D eigenvalue weighted by Crippen LogP contribution is 2.25. The van der Waals surface area contributed by atoms with Crippen molar-refractivity contribution in [2.24, 2.45) is 0 Å². The fourth-order valence-electron chi connectivity index (χ4n) is 1.04. The molecule has 0 amide bonds. The summed E-state index contributed by atoms with van der Waals surface area (Å²) < 4.78 is 29.4. The first-order valence-electron chi connectivity index (χ1n) is 4.01. The molecule has 1 heterocycles. The van der Waals surface area contributed by atoms with Crippen LogP contribution in [-0.2, 0) is 4.74 Å². The smallest absolute Gasteiger partial charge is 0.339 e. The van der Waals surface area contributed by atoms with Gasteiger partial charge in [-0.3, -0.25) is 0 Å². The molecule has 0 fully saturated rings. The number of carbonyl (C=O) groups is 1. The summed E-state index contributed by atoms with van der Waals surface area (Å²) in [6.45, 7) is 1.57. The highest BCUT2D eigenvalue weighted by atomic mass is 35.5. The summed E-state index contributed by atoms with van der Waals surface area (Å²) in [7, 11) is 1.11. The number of esters is 1. The average Bonchev–Trinajstić information content (AvgIpc) is 2.20. The number of halogens is 3. The zero-order valence-corrected chi connectivity index (χ0v) is 8.81. The van der Waals surface area contributed by atoms with Crippen LogP contribution in [0.5, 0.6) is 0 Å². The van der Waals surface area contributed by atoms with E-state index < -0.39 is 18.1 Å². The van der Waals surface area contributed by atoms with Crippen molar-refractivity contribution in [3.63, 3.8) is 0 Å². The van der Waals surface area contributed by atoms with Gasteiger partial charge in [0.2, 0.25) is 0 Å². The van der Waals surface area contributed by atoms with Gasteiger partial charge in [0.05, 0.1) is 12.7 Å². The van der Waals surface area contributed by atoms with Crippen molar-refractivity contribution < 1.29 is 18.3 Å². The van der Waals surface area contributed by atoms with Crippen LogP contribution in [-0.4, -0.2) is 18.1 Å². The van der Waals surface area contributed by atoms with Gasteiger partial charge in [0.1, 0.15) is 10.8 Å². The fraction of sp³-hybridized carbons (Fsp3) is 0.333. The van der Waals surface area contributed by atoms with Gasteiger partial charge in [-0.15, -0.1) is 0 Å². The predicted octanol–water partition coefficient (Wildman–Crippen LogP) is 2.77. The average molecular weight is 236 g/mol. The van der Waals surface area contributed by atoms with E-state index >= 15 is 0 Å². The number of carbonyl (C=O) groups excluding carboxylic acids is 1. The van der Waals surface area contributed by atoms with E-state index in [4.69, 9.17) is 11.6 Å². The van der Waals surface area contributed by atoms with Crippen molar-refractivity contribution in [2.45, 2.75) is 13.3 Å². The summed E-state index contributed by atoms with van der Waals surface area (Å²) >= 11 is 5.58. The van der Waals surface area contributed by atoms with Crippen LogP contribution in [0.1, 0.15) is 28.0 Å². The molecule has 6 heteroatoms. The van der Waals surface area contributed by atoms with Gasteiger partial charge >= 0.3 is 5.97 Å². The summed E-state index contributed by atoms with van der Waals surface area (Å²) in [5.41, 5.74) is -0.465. The van der Waals surface area contributed by atoms with E-state index in [1.807, 2.05) is 0 Å². The normalized spacial score (nSPS) is 10.5. The summed E-state index contributed by atoms with van der Waals surface area (Å²) in [5.74, 6) is -0.849. The minimum absolute atomic E-state index is 0.0436. The number of alkyl halides is 2. The number of aryl methyl sites for hydroxylation is 1. The molecule has 1 aromatic rings. The molecule has 15 heavy (non-hydrogen) atoms. The maximum absolute atomic E-state index is 12.5. The van der Waals surface area contributed by atoms with Crippen molar-refractivity contribution in [1.82, 2.24) is 4.98 Å². The van der Waals surface area contributed by atoms with Gasteiger partial charge in [-0.2, -0.15) is 0 Å². The Morgan fingerprint density at radius 1 is 1.60 bits per heavy atom. The summed E-state index contributed by atoms with van der Waals surface area (Å²) in [5, 5.41) is -0.0436. The molecule has 0 saturated carbocycles. The monoisotopic (exact) mass is 235 g/mol. The number of hydrogen-bond donors (Lipinski definition) is 0. The van der Waals surface area contributed by atoms with Gasteiger partial charge in [0.15, 0.2) is 0 Å². The summed E-state index contributed by atoms with van der Waals surface area (Å²) in [6.07, 6.45) is -2.86. The van der Waals surface area contributed by atoms with Gasteiger partial charge < -0.3 is 4.74 Å². The Morgan fingerprint density at radius 2 is 2.20 bits per heavy atom. The van der Waals surface area contributed by atoms with Crippen LogP contribution in [0.2, 0.25) is 5.15 Å². The third-order valence-corrected chi connectivity index (χ3v) is 2.18. The molecule has 0 aliphatic heterocycles. The van der Waals surface area contributed by atoms with Gasteiger partial charge in [-0.05, 0) is 18.6 Å². The van der Waals surface area contributed by atoms with Crippen LogP contribution in [0.15, 0.2) is 6.07 Å². The number of pyridine rings is 1. The van der Waals surface area contributed by atoms with E-state index in [9.17, 15) is 13.6 Å². The molecule has 1 aromatic heterocycles. The molecular formula is C9H8ClF2NO2. The lowest BCUT2D eigenvalue weighted by Gasteiger charge is -2.08. The van der Waals surface area contributed by atoms with Crippen LogP contribution < -0.4 is 0 Å². The van der Waals surface area contributed by atoms with Crippen LogP contribution in [0, 0.1) is 6.92 Å². The molecule has 0 bridgehead atoms. The Balaban J connectivity index is 3.34. The molecule has 0 unspecified atom stereocenters. The molecule has 0 radical (unpaired) electrons. The van der Waals surface area contributed by atoms with Gasteiger partial charge in [0.25, 0.3) is 6.43 Å². The Bertz CT molecular complexity index is 396. The number of ether oxygens (including phenoxy) is 1. The lowest BCUT2D eigenvalue weighted by atomic mass is 10.1. The lowest BCUT2D eigenvalue weighted by Crippen LogP contribution is -2.09. The first-order valence-corrected chi connectivity index (χ1v) is 4.38. The SMILES string of the molecule is COC(=O)c1cc(C)c(Cl)nc1C(F)F. The Morgan fingerprint density at radius 3 is 2.67 bits per heavy atom. The maximum atomic E-state index is 12.5. The largest absolute Gasteiger partial charge is 0.465 e. The topological polar surface area (TPSA) is 39.2 Å². The third-order valence-electron chi connectivity index (χ3n) is 1.79. The molecular weight excluding hydrogens is 228 g/mol. The van der Waals surface area contributed by atoms with Gasteiger partial charge in [-0.1, -0.05) is 11.6 Å². The van der Waals surface area contributed by atoms with E-state index in [-0.39, 0.29) is 10.7 Å². The first-order chi connectivity index (χ1) is 6.97. The van der Waals surface area contributed by atoms with Crippen LogP contribution in [0.3, 0.4) is 0 Å². The predicted molar refractivity (Wildman–Crippen MR) is 50.3 cm³/mol. The summed E-state index contributed by atoms with van der Waals surface area (Å²) in [6, 6.07) is 1.24. The molecule has 3 nitrogen and oxygen atoms in total. The van der Waals surface area contributed by atoms with Crippen molar-refractivity contribution >= 4 is 17.6 Å². The second-order valence-electron chi connectivity index (χ2n) is 2.82. The molecule has 0 aliphatic carbocycles. The highest BCUT2D eigenvalue weighted by Gasteiger charge is 2.22. The third kappa shape index (κ3) is 2.41. The van der Waals surface area contributed by atoms with E-state index in [1.54, 1.807) is 6.92 Å². The van der Waals surface area contributed by atoms with E-state index in [1.165, 1.54) is 6.07 Å². The second-order valence-corrected chi connectivity index (χ2v) is 3.18. The Kier molecular flexibility index (Phi) is 3.57. The Labute approximate surface area is 90.0 Å².